The minimum atomic E-state index is 0.631. The maximum Gasteiger partial charge on any atom is 0.0991 e. The topological polar surface area (TPSA) is 33.0 Å². The van der Waals surface area contributed by atoms with Gasteiger partial charge in [0.15, 0.2) is 0 Å². The van der Waals surface area contributed by atoms with Gasteiger partial charge in [0.1, 0.15) is 0 Å². The van der Waals surface area contributed by atoms with E-state index in [1.165, 1.54) is 18.4 Å². The third kappa shape index (κ3) is 7.11. The summed E-state index contributed by atoms with van der Waals surface area (Å²) in [6, 6.07) is 9.70. The van der Waals surface area contributed by atoms with Gasteiger partial charge in [0.25, 0.3) is 0 Å². The largest absolute Gasteiger partial charge is 0.377 e. The van der Waals surface area contributed by atoms with Crippen LogP contribution in [0.1, 0.15) is 51.2 Å². The molecule has 0 N–H and O–H groups in total. The Kier molecular flexibility index (Phi) is 7.69. The molecule has 0 aliphatic carbocycles. The first kappa shape index (κ1) is 16.5. The highest BCUT2D eigenvalue weighted by Crippen LogP contribution is 2.12. The van der Waals surface area contributed by atoms with Crippen molar-refractivity contribution in [2.24, 2.45) is 5.92 Å². The van der Waals surface area contributed by atoms with Crippen molar-refractivity contribution in [1.29, 1.82) is 5.26 Å². The molecule has 0 saturated heterocycles. The third-order valence-electron chi connectivity index (χ3n) is 3.32. The Hall–Kier alpha value is -1.59. The first-order valence-electron chi connectivity index (χ1n) is 7.32. The van der Waals surface area contributed by atoms with E-state index in [9.17, 15) is 0 Å². The summed E-state index contributed by atoms with van der Waals surface area (Å²) in [5, 5.41) is 8.72. The Morgan fingerprint density at radius 1 is 1.25 bits per heavy atom. The number of ether oxygens (including phenoxy) is 1. The molecule has 0 saturated carbocycles. The van der Waals surface area contributed by atoms with Gasteiger partial charge in [-0.2, -0.15) is 5.26 Å². The molecule has 1 aromatic carbocycles. The SMILES string of the molecule is CC(C)=CCCC(C)CCOCc1ccc(C#N)cc1. The van der Waals surface area contributed by atoms with E-state index >= 15 is 0 Å². The summed E-state index contributed by atoms with van der Waals surface area (Å²) >= 11 is 0. The Balaban J connectivity index is 2.14. The van der Waals surface area contributed by atoms with Gasteiger partial charge in [0, 0.05) is 6.61 Å². The van der Waals surface area contributed by atoms with Gasteiger partial charge in [-0.1, -0.05) is 30.7 Å². The van der Waals surface area contributed by atoms with E-state index in [0.29, 0.717) is 18.1 Å². The molecule has 1 aromatic rings. The first-order chi connectivity index (χ1) is 9.61. The van der Waals surface area contributed by atoms with Crippen LogP contribution in [0.15, 0.2) is 35.9 Å². The molecule has 1 unspecified atom stereocenters. The fourth-order valence-electron chi connectivity index (χ4n) is 1.95. The summed E-state index contributed by atoms with van der Waals surface area (Å²) in [7, 11) is 0. The molecule has 0 heterocycles. The number of nitrogens with zero attached hydrogens (tertiary/aromatic N) is 1. The fourth-order valence-corrected chi connectivity index (χ4v) is 1.95. The normalized spacial score (nSPS) is 11.7. The second-order valence-electron chi connectivity index (χ2n) is 5.61. The lowest BCUT2D eigenvalue weighted by molar-refractivity contribution is 0.108. The Morgan fingerprint density at radius 3 is 2.55 bits per heavy atom. The van der Waals surface area contributed by atoms with Gasteiger partial charge in [-0.25, -0.2) is 0 Å². The number of nitriles is 1. The summed E-state index contributed by atoms with van der Waals surface area (Å²) < 4.78 is 5.69. The highest BCUT2D eigenvalue weighted by molar-refractivity contribution is 5.31. The molecule has 108 valence electrons. The van der Waals surface area contributed by atoms with E-state index in [0.717, 1.165) is 18.6 Å². The Morgan fingerprint density at radius 2 is 1.95 bits per heavy atom. The fraction of sp³-hybridized carbons (Fsp3) is 0.500. The van der Waals surface area contributed by atoms with E-state index in [2.05, 4.69) is 32.9 Å². The smallest absolute Gasteiger partial charge is 0.0991 e. The minimum Gasteiger partial charge on any atom is -0.377 e. The van der Waals surface area contributed by atoms with Crippen LogP contribution in [0.3, 0.4) is 0 Å². The maximum atomic E-state index is 8.72. The zero-order valence-electron chi connectivity index (χ0n) is 12.9. The van der Waals surface area contributed by atoms with Crippen molar-refractivity contribution in [2.45, 2.75) is 46.6 Å². The lowest BCUT2D eigenvalue weighted by Gasteiger charge is -2.10. The van der Waals surface area contributed by atoms with Crippen molar-refractivity contribution in [1.82, 2.24) is 0 Å². The third-order valence-corrected chi connectivity index (χ3v) is 3.32. The molecule has 20 heavy (non-hydrogen) atoms. The Labute approximate surface area is 123 Å². The van der Waals surface area contributed by atoms with Crippen LogP contribution in [0.5, 0.6) is 0 Å². The highest BCUT2D eigenvalue weighted by Gasteiger charge is 2.01. The molecule has 2 heteroatoms. The Bertz CT molecular complexity index is 449. The minimum absolute atomic E-state index is 0.631. The lowest BCUT2D eigenvalue weighted by Crippen LogP contribution is -2.02. The molecule has 0 fully saturated rings. The molecular formula is C18H25NO. The van der Waals surface area contributed by atoms with Gasteiger partial charge in [0.2, 0.25) is 0 Å². The highest BCUT2D eigenvalue weighted by atomic mass is 16.5. The summed E-state index contributed by atoms with van der Waals surface area (Å²) in [5.41, 5.74) is 3.22. The van der Waals surface area contributed by atoms with Crippen LogP contribution < -0.4 is 0 Å². The van der Waals surface area contributed by atoms with Gasteiger partial charge in [-0.15, -0.1) is 0 Å². The van der Waals surface area contributed by atoms with Crippen LogP contribution in [-0.4, -0.2) is 6.61 Å². The second kappa shape index (κ2) is 9.34. The van der Waals surface area contributed by atoms with Crippen molar-refractivity contribution in [3.8, 4) is 6.07 Å². The van der Waals surface area contributed by atoms with Crippen molar-refractivity contribution < 1.29 is 4.74 Å². The van der Waals surface area contributed by atoms with Gasteiger partial charge in [-0.05, 0) is 56.7 Å². The van der Waals surface area contributed by atoms with Crippen molar-refractivity contribution >= 4 is 0 Å². The van der Waals surface area contributed by atoms with E-state index < -0.39 is 0 Å². The average molecular weight is 271 g/mol. The predicted molar refractivity (Wildman–Crippen MR) is 83.3 cm³/mol. The monoisotopic (exact) mass is 271 g/mol. The lowest BCUT2D eigenvalue weighted by atomic mass is 10.0. The molecule has 0 aliphatic rings. The van der Waals surface area contributed by atoms with Crippen LogP contribution in [0.2, 0.25) is 0 Å². The van der Waals surface area contributed by atoms with Crippen LogP contribution in [0.4, 0.5) is 0 Å². The molecule has 0 amide bonds. The van der Waals surface area contributed by atoms with Gasteiger partial charge in [-0.3, -0.25) is 0 Å². The molecule has 0 radical (unpaired) electrons. The second-order valence-corrected chi connectivity index (χ2v) is 5.61. The summed E-state index contributed by atoms with van der Waals surface area (Å²) in [5.74, 6) is 0.701. The molecule has 1 atom stereocenters. The first-order valence-corrected chi connectivity index (χ1v) is 7.32. The van der Waals surface area contributed by atoms with Crippen molar-refractivity contribution in [3.05, 3.63) is 47.0 Å². The molecule has 0 spiro atoms. The van der Waals surface area contributed by atoms with Crippen LogP contribution in [-0.2, 0) is 11.3 Å². The van der Waals surface area contributed by atoms with Crippen LogP contribution in [0, 0.1) is 17.2 Å². The van der Waals surface area contributed by atoms with Gasteiger partial charge < -0.3 is 4.74 Å². The summed E-state index contributed by atoms with van der Waals surface area (Å²) in [4.78, 5) is 0. The molecule has 0 aromatic heterocycles. The van der Waals surface area contributed by atoms with E-state index in [1.54, 1.807) is 0 Å². The molecule has 1 rings (SSSR count). The maximum absolute atomic E-state index is 8.72. The summed E-state index contributed by atoms with van der Waals surface area (Å²) in [6.07, 6.45) is 5.80. The molecule has 0 aliphatic heterocycles. The number of hydrogen-bond acceptors (Lipinski definition) is 2. The zero-order valence-corrected chi connectivity index (χ0v) is 12.9. The molecular weight excluding hydrogens is 246 g/mol. The van der Waals surface area contributed by atoms with Crippen molar-refractivity contribution in [3.63, 3.8) is 0 Å². The number of benzene rings is 1. The van der Waals surface area contributed by atoms with E-state index in [1.807, 2.05) is 24.3 Å². The van der Waals surface area contributed by atoms with E-state index in [-0.39, 0.29) is 0 Å². The zero-order chi connectivity index (χ0) is 14.8. The number of rotatable bonds is 8. The quantitative estimate of drug-likeness (QED) is 0.500. The summed E-state index contributed by atoms with van der Waals surface area (Å²) in [6.45, 7) is 8.00. The van der Waals surface area contributed by atoms with Gasteiger partial charge in [0.05, 0.1) is 18.2 Å². The van der Waals surface area contributed by atoms with E-state index in [4.69, 9.17) is 10.00 Å². The molecule has 2 nitrogen and oxygen atoms in total. The van der Waals surface area contributed by atoms with Gasteiger partial charge >= 0.3 is 0 Å². The number of allylic oxidation sites excluding steroid dienone is 2. The molecule has 0 bridgehead atoms. The van der Waals surface area contributed by atoms with Crippen LogP contribution >= 0.6 is 0 Å². The predicted octanol–water partition coefficient (Wildman–Crippen LogP) is 4.85. The number of hydrogen-bond donors (Lipinski definition) is 0. The van der Waals surface area contributed by atoms with Crippen molar-refractivity contribution in [2.75, 3.05) is 6.61 Å². The standard InChI is InChI=1S/C18H25NO/c1-15(2)5-4-6-16(3)11-12-20-14-18-9-7-17(13-19)8-10-18/h5,7-10,16H,4,6,11-12,14H2,1-3H3. The average Bonchev–Trinajstić information content (AvgIpc) is 2.44. The van der Waals surface area contributed by atoms with Crippen LogP contribution in [0.25, 0.3) is 0 Å².